The van der Waals surface area contributed by atoms with Gasteiger partial charge in [-0.15, -0.1) is 0 Å². The summed E-state index contributed by atoms with van der Waals surface area (Å²) in [6.45, 7) is 1.95. The largest absolute Gasteiger partial charge is 0.306 e. The highest BCUT2D eigenvalue weighted by atomic mass is 32.2. The van der Waals surface area contributed by atoms with E-state index in [0.717, 1.165) is 24.6 Å². The molecular weight excluding hydrogens is 158 g/mol. The Balaban J connectivity index is 3.22. The summed E-state index contributed by atoms with van der Waals surface area (Å²) in [7, 11) is 0. The fourth-order valence-corrected chi connectivity index (χ4v) is 1.14. The van der Waals surface area contributed by atoms with Crippen LogP contribution in [0.3, 0.4) is 0 Å². The Morgan fingerprint density at radius 2 is 2.20 bits per heavy atom. The molecule has 4 heteroatoms. The number of hydrogen-bond donors (Lipinski definition) is 0. The third-order valence-electron chi connectivity index (χ3n) is 0.920. The van der Waals surface area contributed by atoms with Crippen molar-refractivity contribution in [3.63, 3.8) is 0 Å². The van der Waals surface area contributed by atoms with Crippen molar-refractivity contribution in [3.05, 3.63) is 0 Å². The van der Waals surface area contributed by atoms with E-state index in [2.05, 4.69) is 0 Å². The molecule has 0 aliphatic rings. The fourth-order valence-electron chi connectivity index (χ4n) is 0.380. The summed E-state index contributed by atoms with van der Waals surface area (Å²) in [6, 6.07) is 0. The number of carbonyl (C=O) groups excluding carboxylic acids is 1. The molecule has 0 aromatic rings. The van der Waals surface area contributed by atoms with Crippen LogP contribution in [0.15, 0.2) is 0 Å². The van der Waals surface area contributed by atoms with Crippen molar-refractivity contribution in [2.24, 2.45) is 0 Å². The van der Waals surface area contributed by atoms with E-state index in [1.54, 1.807) is 0 Å². The lowest BCUT2D eigenvalue weighted by Gasteiger charge is -1.96. The second-order valence-electron chi connectivity index (χ2n) is 1.82. The third-order valence-corrected chi connectivity index (χ3v) is 1.88. The molecule has 0 amide bonds. The van der Waals surface area contributed by atoms with Crippen molar-refractivity contribution in [3.8, 4) is 0 Å². The van der Waals surface area contributed by atoms with E-state index in [-0.39, 0.29) is 0 Å². The number of hydrogen-bond acceptors (Lipinski definition) is 2. The average molecular weight is 168 g/mol. The highest BCUT2D eigenvalue weighted by Gasteiger charge is 2.14. The minimum atomic E-state index is -2.80. The second-order valence-corrected chi connectivity index (χ2v) is 2.92. The summed E-state index contributed by atoms with van der Waals surface area (Å²) in [5.74, 6) is 0.514. The fraction of sp³-hybridized carbons (Fsp3) is 0.833. The van der Waals surface area contributed by atoms with Crippen LogP contribution in [0, 0.1) is 0 Å². The molecule has 0 aromatic carbocycles. The lowest BCUT2D eigenvalue weighted by Crippen LogP contribution is -2.05. The van der Waals surface area contributed by atoms with Crippen LogP contribution >= 0.6 is 11.8 Å². The first kappa shape index (κ1) is 9.88. The molecule has 0 saturated heterocycles. The van der Waals surface area contributed by atoms with Gasteiger partial charge in [0.1, 0.15) is 0 Å². The molecule has 0 aliphatic carbocycles. The molecule has 0 N–H and O–H groups in total. The summed E-state index contributed by atoms with van der Waals surface area (Å²) in [5, 5.41) is -1.01. The topological polar surface area (TPSA) is 17.1 Å². The molecule has 1 nitrogen and oxygen atoms in total. The summed E-state index contributed by atoms with van der Waals surface area (Å²) < 4.78 is 23.0. The van der Waals surface area contributed by atoms with Crippen LogP contribution in [-0.2, 0) is 4.79 Å². The number of unbranched alkanes of at least 4 members (excludes halogenated alkanes) is 1. The molecule has 0 bridgehead atoms. The van der Waals surface area contributed by atoms with Gasteiger partial charge >= 0.3 is 6.43 Å². The number of rotatable bonds is 4. The van der Waals surface area contributed by atoms with Gasteiger partial charge in [0.15, 0.2) is 0 Å². The summed E-state index contributed by atoms with van der Waals surface area (Å²) >= 11 is 0.720. The van der Waals surface area contributed by atoms with Crippen LogP contribution in [0.2, 0.25) is 0 Å². The number of halogens is 2. The van der Waals surface area contributed by atoms with E-state index in [4.69, 9.17) is 0 Å². The molecule has 0 aromatic heterocycles. The second kappa shape index (κ2) is 5.65. The molecule has 10 heavy (non-hydrogen) atoms. The maximum atomic E-state index is 11.5. The Labute approximate surface area is 63.2 Å². The standard InChI is InChI=1S/C6H10F2OS/c1-2-3-4-10-6(9)5(7)8/h5H,2-4H2,1H3. The van der Waals surface area contributed by atoms with Gasteiger partial charge in [-0.3, -0.25) is 4.79 Å². The lowest BCUT2D eigenvalue weighted by atomic mass is 10.4. The van der Waals surface area contributed by atoms with Gasteiger partial charge < -0.3 is 0 Å². The van der Waals surface area contributed by atoms with Gasteiger partial charge in [-0.25, -0.2) is 8.78 Å². The molecule has 0 fully saturated rings. The van der Waals surface area contributed by atoms with Crippen molar-refractivity contribution in [2.45, 2.75) is 26.2 Å². The molecule has 0 rings (SSSR count). The zero-order valence-corrected chi connectivity index (χ0v) is 6.59. The van der Waals surface area contributed by atoms with Crippen LogP contribution in [0.5, 0.6) is 0 Å². The Hall–Kier alpha value is -0.120. The van der Waals surface area contributed by atoms with Crippen LogP contribution in [0.25, 0.3) is 0 Å². The number of carbonyl (C=O) groups is 1. The first-order chi connectivity index (χ1) is 4.68. The van der Waals surface area contributed by atoms with E-state index in [9.17, 15) is 13.6 Å². The molecule has 0 atom stereocenters. The average Bonchev–Trinajstić information content (AvgIpc) is 1.88. The first-order valence-electron chi connectivity index (χ1n) is 3.13. The monoisotopic (exact) mass is 168 g/mol. The molecule has 0 aliphatic heterocycles. The Kier molecular flexibility index (Phi) is 5.58. The van der Waals surface area contributed by atoms with Crippen molar-refractivity contribution in [1.82, 2.24) is 0 Å². The van der Waals surface area contributed by atoms with Crippen LogP contribution in [0.1, 0.15) is 19.8 Å². The first-order valence-corrected chi connectivity index (χ1v) is 4.11. The smallest absolute Gasteiger partial charge is 0.281 e. The quantitative estimate of drug-likeness (QED) is 0.599. The molecular formula is C6H10F2OS. The van der Waals surface area contributed by atoms with E-state index in [1.165, 1.54) is 0 Å². The van der Waals surface area contributed by atoms with Crippen molar-refractivity contribution in [2.75, 3.05) is 5.75 Å². The molecule has 0 spiro atoms. The van der Waals surface area contributed by atoms with Crippen molar-refractivity contribution >= 4 is 16.9 Å². The summed E-state index contributed by atoms with van der Waals surface area (Å²) in [4.78, 5) is 10.2. The summed E-state index contributed by atoms with van der Waals surface area (Å²) in [6.07, 6.45) is -1.05. The molecule has 0 saturated carbocycles. The van der Waals surface area contributed by atoms with Gasteiger partial charge in [0.25, 0.3) is 5.12 Å². The molecule has 60 valence electrons. The zero-order valence-electron chi connectivity index (χ0n) is 5.77. The number of thioether (sulfide) groups is 1. The van der Waals surface area contributed by atoms with Crippen LogP contribution in [0.4, 0.5) is 8.78 Å². The van der Waals surface area contributed by atoms with E-state index in [1.807, 2.05) is 6.92 Å². The molecule has 0 heterocycles. The minimum absolute atomic E-state index is 0.514. The van der Waals surface area contributed by atoms with Gasteiger partial charge in [0, 0.05) is 5.75 Å². The van der Waals surface area contributed by atoms with E-state index < -0.39 is 11.5 Å². The maximum absolute atomic E-state index is 11.5. The highest BCUT2D eigenvalue weighted by Crippen LogP contribution is 2.11. The highest BCUT2D eigenvalue weighted by molar-refractivity contribution is 8.13. The third kappa shape index (κ3) is 4.73. The number of alkyl halides is 2. The Bertz CT molecular complexity index is 106. The van der Waals surface area contributed by atoms with Gasteiger partial charge in [-0.1, -0.05) is 25.1 Å². The minimum Gasteiger partial charge on any atom is -0.281 e. The van der Waals surface area contributed by atoms with Gasteiger partial charge in [0.05, 0.1) is 0 Å². The zero-order chi connectivity index (χ0) is 7.98. The Morgan fingerprint density at radius 3 is 2.60 bits per heavy atom. The van der Waals surface area contributed by atoms with Crippen molar-refractivity contribution < 1.29 is 13.6 Å². The Morgan fingerprint density at radius 1 is 1.60 bits per heavy atom. The predicted octanol–water partition coefficient (Wildman–Crippen LogP) is 2.31. The van der Waals surface area contributed by atoms with Gasteiger partial charge in [-0.05, 0) is 6.42 Å². The maximum Gasteiger partial charge on any atom is 0.306 e. The van der Waals surface area contributed by atoms with E-state index in [0.29, 0.717) is 5.75 Å². The van der Waals surface area contributed by atoms with Crippen LogP contribution < -0.4 is 0 Å². The molecule has 0 radical (unpaired) electrons. The SMILES string of the molecule is CCCCSC(=O)C(F)F. The van der Waals surface area contributed by atoms with E-state index >= 15 is 0 Å². The molecule has 0 unspecified atom stereocenters. The summed E-state index contributed by atoms with van der Waals surface area (Å²) in [5.41, 5.74) is 0. The lowest BCUT2D eigenvalue weighted by molar-refractivity contribution is -0.120. The normalized spacial score (nSPS) is 10.4. The van der Waals surface area contributed by atoms with Crippen molar-refractivity contribution in [1.29, 1.82) is 0 Å². The predicted molar refractivity (Wildman–Crippen MR) is 38.4 cm³/mol. The van der Waals surface area contributed by atoms with Crippen LogP contribution in [-0.4, -0.2) is 17.3 Å². The van der Waals surface area contributed by atoms with Gasteiger partial charge in [-0.2, -0.15) is 0 Å². The van der Waals surface area contributed by atoms with Gasteiger partial charge in [0.2, 0.25) is 0 Å².